The molecule has 0 bridgehead atoms. The molecule has 296 valence electrons. The summed E-state index contributed by atoms with van der Waals surface area (Å²) in [6.07, 6.45) is 0. The van der Waals surface area contributed by atoms with Gasteiger partial charge in [0, 0.05) is 53.9 Å². The van der Waals surface area contributed by atoms with E-state index in [-0.39, 0.29) is 21.7 Å². The molecule has 0 aliphatic heterocycles. The molecule has 12 rings (SSSR count). The van der Waals surface area contributed by atoms with E-state index in [1.807, 2.05) is 0 Å². The Bertz CT molecular complexity index is 3560. The van der Waals surface area contributed by atoms with Gasteiger partial charge in [-0.2, -0.15) is 0 Å². The van der Waals surface area contributed by atoms with Gasteiger partial charge in [0.2, 0.25) is 0 Å². The number of rotatable bonds is 0. The monoisotopic (exact) mass is 778 g/mol. The van der Waals surface area contributed by atoms with Crippen molar-refractivity contribution in [3.8, 4) is 0 Å². The minimum Gasteiger partial charge on any atom is -0.308 e. The Morgan fingerprint density at radius 3 is 0.950 bits per heavy atom. The molecule has 0 amide bonds. The van der Waals surface area contributed by atoms with Crippen molar-refractivity contribution in [3.63, 3.8) is 0 Å². The fourth-order valence-corrected chi connectivity index (χ4v) is 11.0. The molecule has 12 aromatic rings. The van der Waals surface area contributed by atoms with E-state index < -0.39 is 0 Å². The summed E-state index contributed by atoms with van der Waals surface area (Å²) in [4.78, 5) is 0. The SMILES string of the molecule is CC(C)(C)c1ccc2c(c1)c1cc(C(C)(C)C)cc3c4c5c6ccccc6c6c(ccc7c6c6cc(C(C)(C)C)cc8c9cc(C(C)(C)C)ccc9n7c86)c5ccc4n2c13. The Hall–Kier alpha value is -5.86. The first-order valence-corrected chi connectivity index (χ1v) is 22.0. The van der Waals surface area contributed by atoms with Crippen LogP contribution in [0.5, 0.6) is 0 Å². The van der Waals surface area contributed by atoms with Crippen LogP contribution in [-0.2, 0) is 21.7 Å². The van der Waals surface area contributed by atoms with E-state index in [4.69, 9.17) is 0 Å². The maximum atomic E-state index is 2.58. The van der Waals surface area contributed by atoms with Crippen LogP contribution in [-0.4, -0.2) is 8.80 Å². The maximum absolute atomic E-state index is 2.58. The molecule has 2 nitrogen and oxygen atoms in total. The Kier molecular flexibility index (Phi) is 6.66. The summed E-state index contributed by atoms with van der Waals surface area (Å²) in [6.45, 7) is 28.1. The fraction of sp³-hybridized carbons (Fsp3) is 0.276. The molecule has 60 heavy (non-hydrogen) atoms. The summed E-state index contributed by atoms with van der Waals surface area (Å²) in [7, 11) is 0. The summed E-state index contributed by atoms with van der Waals surface area (Å²) in [6, 6.07) is 43.4. The summed E-state index contributed by atoms with van der Waals surface area (Å²) >= 11 is 0. The highest BCUT2D eigenvalue weighted by Crippen LogP contribution is 2.51. The van der Waals surface area contributed by atoms with E-state index >= 15 is 0 Å². The van der Waals surface area contributed by atoms with Crippen molar-refractivity contribution in [3.05, 3.63) is 131 Å². The predicted octanol–water partition coefficient (Wildman–Crippen LogP) is 16.6. The number of benzene rings is 8. The minimum absolute atomic E-state index is 0.00858. The molecule has 8 aromatic carbocycles. The molecule has 4 aromatic heterocycles. The average molecular weight is 779 g/mol. The zero-order valence-corrected chi connectivity index (χ0v) is 37.3. The van der Waals surface area contributed by atoms with Gasteiger partial charge in [0.05, 0.1) is 33.1 Å². The average Bonchev–Trinajstić information content (AvgIpc) is 3.91. The molecule has 0 spiro atoms. The van der Waals surface area contributed by atoms with Crippen molar-refractivity contribution in [2.45, 2.75) is 105 Å². The predicted molar refractivity (Wildman–Crippen MR) is 263 cm³/mol. The topological polar surface area (TPSA) is 8.82 Å². The van der Waals surface area contributed by atoms with Gasteiger partial charge >= 0.3 is 0 Å². The normalized spacial score (nSPS) is 14.0. The van der Waals surface area contributed by atoms with Gasteiger partial charge in [-0.25, -0.2) is 0 Å². The van der Waals surface area contributed by atoms with Crippen molar-refractivity contribution in [1.29, 1.82) is 0 Å². The first-order valence-electron chi connectivity index (χ1n) is 22.0. The lowest BCUT2D eigenvalue weighted by molar-refractivity contribution is 0.590. The van der Waals surface area contributed by atoms with Crippen molar-refractivity contribution in [2.75, 3.05) is 0 Å². The zero-order chi connectivity index (χ0) is 41.7. The van der Waals surface area contributed by atoms with Gasteiger partial charge in [-0.15, -0.1) is 0 Å². The summed E-state index contributed by atoms with van der Waals surface area (Å²) in [5.41, 5.74) is 13.5. The van der Waals surface area contributed by atoms with Crippen LogP contribution in [0, 0.1) is 0 Å². The molecule has 0 saturated carbocycles. The Morgan fingerprint density at radius 2 is 0.583 bits per heavy atom. The highest BCUT2D eigenvalue weighted by molar-refractivity contribution is 6.42. The second kappa shape index (κ2) is 11.1. The molecule has 0 unspecified atom stereocenters. The van der Waals surface area contributed by atoms with E-state index in [2.05, 4.69) is 201 Å². The molecular weight excluding hydrogens is 725 g/mol. The molecule has 0 aliphatic carbocycles. The zero-order valence-electron chi connectivity index (χ0n) is 37.3. The van der Waals surface area contributed by atoms with Gasteiger partial charge in [-0.3, -0.25) is 0 Å². The van der Waals surface area contributed by atoms with Crippen LogP contribution in [0.1, 0.15) is 105 Å². The molecule has 0 radical (unpaired) electrons. The lowest BCUT2D eigenvalue weighted by atomic mass is 9.83. The van der Waals surface area contributed by atoms with Gasteiger partial charge in [-0.05, 0) is 126 Å². The van der Waals surface area contributed by atoms with Crippen molar-refractivity contribution < 1.29 is 0 Å². The largest absolute Gasteiger partial charge is 0.308 e. The molecular formula is C58H54N2. The van der Waals surface area contributed by atoms with Crippen molar-refractivity contribution >= 4 is 109 Å². The summed E-state index contributed by atoms with van der Waals surface area (Å²) in [5.74, 6) is 0. The first-order chi connectivity index (χ1) is 28.3. The quantitative estimate of drug-likeness (QED) is 0.136. The van der Waals surface area contributed by atoms with Crippen LogP contribution in [0.25, 0.3) is 109 Å². The molecule has 0 N–H and O–H groups in total. The molecule has 0 saturated heterocycles. The van der Waals surface area contributed by atoms with Crippen LogP contribution in [0.2, 0.25) is 0 Å². The fourth-order valence-electron chi connectivity index (χ4n) is 11.0. The van der Waals surface area contributed by atoms with Crippen LogP contribution < -0.4 is 0 Å². The van der Waals surface area contributed by atoms with E-state index in [1.165, 1.54) is 131 Å². The van der Waals surface area contributed by atoms with Gasteiger partial charge in [0.1, 0.15) is 0 Å². The van der Waals surface area contributed by atoms with E-state index in [0.29, 0.717) is 0 Å². The molecule has 0 atom stereocenters. The molecule has 0 aliphatic rings. The second-order valence-electron chi connectivity index (χ2n) is 22.3. The van der Waals surface area contributed by atoms with Gasteiger partial charge < -0.3 is 8.80 Å². The third-order valence-corrected chi connectivity index (χ3v) is 14.3. The standard InChI is InChI=1S/C58H54N2/c1-55(2,3)31-17-21-45-39(25-31)41-27-33(57(7,8)9)29-43-51-47(59(45)53(41)43)23-19-37-38-20-24-48-52(50(38)36-16-14-13-15-35(36)49(37)51)44-30-34(58(10,11)12)28-42-40-26-32(56(4,5)6)18-22-46(40)60(48)54(42)44/h13-30H,1-12H3. The third kappa shape index (κ3) is 4.55. The van der Waals surface area contributed by atoms with Crippen LogP contribution in [0.4, 0.5) is 0 Å². The number of hydrogen-bond acceptors (Lipinski definition) is 0. The molecule has 2 heteroatoms. The summed E-state index contributed by atoms with van der Waals surface area (Å²) in [5, 5.41) is 18.9. The maximum Gasteiger partial charge on any atom is 0.0620 e. The van der Waals surface area contributed by atoms with Crippen LogP contribution in [0.15, 0.2) is 109 Å². The van der Waals surface area contributed by atoms with E-state index in [1.54, 1.807) is 0 Å². The number of hydrogen-bond donors (Lipinski definition) is 0. The summed E-state index contributed by atoms with van der Waals surface area (Å²) < 4.78 is 5.15. The lowest BCUT2D eigenvalue weighted by Gasteiger charge is -2.21. The number of fused-ring (bicyclic) bond motifs is 20. The highest BCUT2D eigenvalue weighted by Gasteiger charge is 2.29. The Balaban J connectivity index is 1.29. The van der Waals surface area contributed by atoms with Gasteiger partial charge in [0.15, 0.2) is 0 Å². The lowest BCUT2D eigenvalue weighted by Crippen LogP contribution is -2.11. The Labute approximate surface area is 352 Å². The first kappa shape index (κ1) is 36.0. The second-order valence-corrected chi connectivity index (χ2v) is 22.3. The molecule has 4 heterocycles. The van der Waals surface area contributed by atoms with Crippen molar-refractivity contribution in [2.24, 2.45) is 0 Å². The molecule has 0 fully saturated rings. The van der Waals surface area contributed by atoms with E-state index in [9.17, 15) is 0 Å². The highest BCUT2D eigenvalue weighted by atomic mass is 14.9. The Morgan fingerprint density at radius 1 is 0.267 bits per heavy atom. The van der Waals surface area contributed by atoms with E-state index in [0.717, 1.165) is 0 Å². The van der Waals surface area contributed by atoms with Gasteiger partial charge in [0.25, 0.3) is 0 Å². The minimum atomic E-state index is -0.00858. The third-order valence-electron chi connectivity index (χ3n) is 14.3. The van der Waals surface area contributed by atoms with Crippen LogP contribution >= 0.6 is 0 Å². The smallest absolute Gasteiger partial charge is 0.0620 e. The van der Waals surface area contributed by atoms with Crippen molar-refractivity contribution in [1.82, 2.24) is 8.80 Å². The van der Waals surface area contributed by atoms with Crippen LogP contribution in [0.3, 0.4) is 0 Å². The van der Waals surface area contributed by atoms with Gasteiger partial charge in [-0.1, -0.05) is 132 Å². The number of aromatic nitrogens is 2. The number of nitrogens with zero attached hydrogens (tertiary/aromatic N) is 2.